The van der Waals surface area contributed by atoms with Crippen molar-refractivity contribution in [2.45, 2.75) is 51.5 Å². The summed E-state index contributed by atoms with van der Waals surface area (Å²) < 4.78 is 8.07. The minimum Gasteiger partial charge on any atom is -0.392 e. The van der Waals surface area contributed by atoms with Gasteiger partial charge >= 0.3 is 0 Å². The van der Waals surface area contributed by atoms with Crippen molar-refractivity contribution in [2.24, 2.45) is 5.41 Å². The standard InChI is InChI=1S/C18H32N4O2/c1-4-22-8-5-15(19-22)14-21-9-6-18(7-10-21)16(23)13-17(18)24-12-11-20(2)3/h5,8,16-17,23H,4,6-7,9-14H2,1-3H3/t16-,17+/m1/s1. The van der Waals surface area contributed by atoms with Crippen LogP contribution in [0, 0.1) is 5.41 Å². The molecule has 6 heteroatoms. The first-order valence-electron chi connectivity index (χ1n) is 9.22. The number of likely N-dealkylation sites (tertiary alicyclic amines) is 1. The molecule has 6 nitrogen and oxygen atoms in total. The van der Waals surface area contributed by atoms with Crippen molar-refractivity contribution in [3.05, 3.63) is 18.0 Å². The van der Waals surface area contributed by atoms with Crippen LogP contribution in [0.5, 0.6) is 0 Å². The smallest absolute Gasteiger partial charge is 0.0764 e. The van der Waals surface area contributed by atoms with Gasteiger partial charge in [-0.2, -0.15) is 5.10 Å². The first-order chi connectivity index (χ1) is 11.5. The molecule has 2 aliphatic rings. The van der Waals surface area contributed by atoms with E-state index in [1.54, 1.807) is 0 Å². The molecule has 0 aromatic carbocycles. The number of aromatic nitrogens is 2. The van der Waals surface area contributed by atoms with Crippen molar-refractivity contribution in [3.8, 4) is 0 Å². The van der Waals surface area contributed by atoms with Gasteiger partial charge in [0.1, 0.15) is 0 Å². The number of rotatable bonds is 7. The van der Waals surface area contributed by atoms with Crippen LogP contribution in [0.25, 0.3) is 0 Å². The second kappa shape index (κ2) is 7.52. The summed E-state index contributed by atoms with van der Waals surface area (Å²) >= 11 is 0. The summed E-state index contributed by atoms with van der Waals surface area (Å²) in [6.07, 6.45) is 4.93. The fourth-order valence-corrected chi connectivity index (χ4v) is 4.01. The van der Waals surface area contributed by atoms with Gasteiger partial charge in [-0.15, -0.1) is 0 Å². The van der Waals surface area contributed by atoms with E-state index in [-0.39, 0.29) is 17.6 Å². The lowest BCUT2D eigenvalue weighted by Crippen LogP contribution is -2.62. The number of likely N-dealkylation sites (N-methyl/N-ethyl adjacent to an activating group) is 1. The number of aliphatic hydroxyl groups excluding tert-OH is 1. The van der Waals surface area contributed by atoms with Gasteiger partial charge < -0.3 is 14.7 Å². The Balaban J connectivity index is 1.49. The van der Waals surface area contributed by atoms with Gasteiger partial charge in [0.05, 0.1) is 24.5 Å². The zero-order valence-electron chi connectivity index (χ0n) is 15.3. The third-order valence-corrected chi connectivity index (χ3v) is 5.79. The van der Waals surface area contributed by atoms with Crippen LogP contribution in [-0.2, 0) is 17.8 Å². The summed E-state index contributed by atoms with van der Waals surface area (Å²) in [5.74, 6) is 0. The SMILES string of the molecule is CCn1ccc(CN2CCC3(CC2)[C@H](O)C[C@@H]3OCCN(C)C)n1. The van der Waals surface area contributed by atoms with Crippen molar-refractivity contribution in [3.63, 3.8) is 0 Å². The highest BCUT2D eigenvalue weighted by Crippen LogP contribution is 2.51. The average Bonchev–Trinajstić information content (AvgIpc) is 3.02. The Bertz CT molecular complexity index is 523. The average molecular weight is 336 g/mol. The van der Waals surface area contributed by atoms with Crippen LogP contribution < -0.4 is 0 Å². The van der Waals surface area contributed by atoms with Gasteiger partial charge in [-0.3, -0.25) is 9.58 Å². The van der Waals surface area contributed by atoms with E-state index in [4.69, 9.17) is 4.74 Å². The van der Waals surface area contributed by atoms with Crippen molar-refractivity contribution >= 4 is 0 Å². The Morgan fingerprint density at radius 3 is 2.71 bits per heavy atom. The van der Waals surface area contributed by atoms with Crippen LogP contribution in [0.2, 0.25) is 0 Å². The predicted octanol–water partition coefficient (Wildman–Crippen LogP) is 1.20. The fourth-order valence-electron chi connectivity index (χ4n) is 4.01. The van der Waals surface area contributed by atoms with E-state index in [2.05, 4.69) is 42.0 Å². The summed E-state index contributed by atoms with van der Waals surface area (Å²) in [7, 11) is 4.13. The number of nitrogens with zero attached hydrogens (tertiary/aromatic N) is 4. The Morgan fingerprint density at radius 2 is 2.12 bits per heavy atom. The van der Waals surface area contributed by atoms with E-state index in [9.17, 15) is 5.11 Å². The summed E-state index contributed by atoms with van der Waals surface area (Å²) in [6, 6.07) is 2.11. The summed E-state index contributed by atoms with van der Waals surface area (Å²) in [5, 5.41) is 15.0. The molecule has 1 saturated carbocycles. The molecule has 2 atom stereocenters. The van der Waals surface area contributed by atoms with Gasteiger partial charge in [-0.25, -0.2) is 0 Å². The van der Waals surface area contributed by atoms with Crippen molar-refractivity contribution in [1.82, 2.24) is 19.6 Å². The maximum absolute atomic E-state index is 10.4. The molecule has 0 unspecified atom stereocenters. The van der Waals surface area contributed by atoms with Crippen LogP contribution in [0.15, 0.2) is 12.3 Å². The van der Waals surface area contributed by atoms with E-state index in [0.29, 0.717) is 0 Å². The van der Waals surface area contributed by atoms with Crippen LogP contribution in [0.1, 0.15) is 31.9 Å². The lowest BCUT2D eigenvalue weighted by atomic mass is 9.58. The molecule has 0 bridgehead atoms. The van der Waals surface area contributed by atoms with Crippen molar-refractivity contribution in [1.29, 1.82) is 0 Å². The molecule has 1 aromatic rings. The summed E-state index contributed by atoms with van der Waals surface area (Å²) in [5.41, 5.74) is 1.13. The van der Waals surface area contributed by atoms with Crippen molar-refractivity contribution < 1.29 is 9.84 Å². The second-order valence-electron chi connectivity index (χ2n) is 7.59. The van der Waals surface area contributed by atoms with Gasteiger partial charge in [-0.1, -0.05) is 0 Å². The number of aryl methyl sites for hydroxylation is 1. The number of piperidine rings is 1. The second-order valence-corrected chi connectivity index (χ2v) is 7.59. The topological polar surface area (TPSA) is 53.8 Å². The molecule has 1 spiro atoms. The van der Waals surface area contributed by atoms with Crippen LogP contribution in [0.4, 0.5) is 0 Å². The molecule has 0 radical (unpaired) electrons. The molecule has 1 aromatic heterocycles. The van der Waals surface area contributed by atoms with E-state index in [0.717, 1.165) is 64.3 Å². The maximum atomic E-state index is 10.4. The molecule has 2 fully saturated rings. The molecule has 1 N–H and O–H groups in total. The number of aliphatic hydroxyl groups is 1. The Hall–Kier alpha value is -0.950. The molecule has 136 valence electrons. The number of hydrogen-bond acceptors (Lipinski definition) is 5. The lowest BCUT2D eigenvalue weighted by Gasteiger charge is -2.56. The largest absolute Gasteiger partial charge is 0.392 e. The Morgan fingerprint density at radius 1 is 1.38 bits per heavy atom. The Labute approximate surface area is 145 Å². The zero-order valence-corrected chi connectivity index (χ0v) is 15.3. The molecule has 3 rings (SSSR count). The lowest BCUT2D eigenvalue weighted by molar-refractivity contribution is -0.212. The van der Waals surface area contributed by atoms with Crippen LogP contribution >= 0.6 is 0 Å². The molecule has 2 heterocycles. The number of hydrogen-bond donors (Lipinski definition) is 1. The molecular formula is C18H32N4O2. The minimum atomic E-state index is -0.191. The third kappa shape index (κ3) is 3.67. The summed E-state index contributed by atoms with van der Waals surface area (Å²) in [6.45, 7) is 7.66. The quantitative estimate of drug-likeness (QED) is 0.811. The highest BCUT2D eigenvalue weighted by atomic mass is 16.5. The monoisotopic (exact) mass is 336 g/mol. The zero-order chi connectivity index (χ0) is 17.2. The van der Waals surface area contributed by atoms with Crippen molar-refractivity contribution in [2.75, 3.05) is 40.3 Å². The molecule has 1 aliphatic heterocycles. The number of ether oxygens (including phenoxy) is 1. The summed E-state index contributed by atoms with van der Waals surface area (Å²) in [4.78, 5) is 4.59. The molecule has 24 heavy (non-hydrogen) atoms. The fraction of sp³-hybridized carbons (Fsp3) is 0.833. The van der Waals surface area contributed by atoms with Gasteiger partial charge in [0.25, 0.3) is 0 Å². The normalized spacial score (nSPS) is 26.9. The van der Waals surface area contributed by atoms with Crippen LogP contribution in [-0.4, -0.2) is 77.2 Å². The van der Waals surface area contributed by atoms with Gasteiger partial charge in [0.15, 0.2) is 0 Å². The highest BCUT2D eigenvalue weighted by molar-refractivity contribution is 5.07. The first-order valence-corrected chi connectivity index (χ1v) is 9.22. The van der Waals surface area contributed by atoms with Crippen LogP contribution in [0.3, 0.4) is 0 Å². The Kier molecular flexibility index (Phi) is 5.59. The minimum absolute atomic E-state index is 0.00834. The van der Waals surface area contributed by atoms with Gasteiger partial charge in [-0.05, 0) is 53.0 Å². The first kappa shape index (κ1) is 17.9. The molecule has 0 amide bonds. The third-order valence-electron chi connectivity index (χ3n) is 5.79. The van der Waals surface area contributed by atoms with E-state index in [1.807, 2.05) is 10.9 Å². The van der Waals surface area contributed by atoms with E-state index >= 15 is 0 Å². The van der Waals surface area contributed by atoms with Gasteiger partial charge in [0.2, 0.25) is 0 Å². The maximum Gasteiger partial charge on any atom is 0.0764 e. The molecule has 1 aliphatic carbocycles. The molecular weight excluding hydrogens is 304 g/mol. The molecule has 1 saturated heterocycles. The highest BCUT2D eigenvalue weighted by Gasteiger charge is 2.56. The van der Waals surface area contributed by atoms with E-state index < -0.39 is 0 Å². The van der Waals surface area contributed by atoms with E-state index in [1.165, 1.54) is 0 Å². The van der Waals surface area contributed by atoms with Gasteiger partial charge in [0, 0.05) is 37.7 Å². The predicted molar refractivity (Wildman–Crippen MR) is 93.8 cm³/mol.